The first-order valence-electron chi connectivity index (χ1n) is 12.6. The zero-order valence-corrected chi connectivity index (χ0v) is 20.7. The molecule has 0 spiro atoms. The van der Waals surface area contributed by atoms with Crippen LogP contribution in [-0.4, -0.2) is 58.4 Å². The Bertz CT molecular complexity index is 981. The van der Waals surface area contributed by atoms with Crippen LogP contribution in [0.5, 0.6) is 5.75 Å². The van der Waals surface area contributed by atoms with Crippen molar-refractivity contribution in [1.29, 1.82) is 0 Å². The van der Waals surface area contributed by atoms with Gasteiger partial charge in [-0.25, -0.2) is 4.98 Å². The van der Waals surface area contributed by atoms with Gasteiger partial charge in [0.15, 0.2) is 0 Å². The van der Waals surface area contributed by atoms with E-state index in [1.165, 1.54) is 6.20 Å². The predicted octanol–water partition coefficient (Wildman–Crippen LogP) is 5.60. The van der Waals surface area contributed by atoms with Crippen molar-refractivity contribution in [3.8, 4) is 5.75 Å². The second-order valence-corrected chi connectivity index (χ2v) is 9.60. The van der Waals surface area contributed by atoms with Gasteiger partial charge in [0.1, 0.15) is 17.5 Å². The van der Waals surface area contributed by atoms with Crippen LogP contribution in [-0.2, 0) is 0 Å². The highest BCUT2D eigenvalue weighted by atomic mass is 35.5. The van der Waals surface area contributed by atoms with E-state index in [-0.39, 0.29) is 24.0 Å². The predicted molar refractivity (Wildman–Crippen MR) is 133 cm³/mol. The zero-order valence-electron chi connectivity index (χ0n) is 19.9. The second-order valence-electron chi connectivity index (χ2n) is 9.16. The molecule has 0 N–H and O–H groups in total. The number of para-hydroxylation sites is 1. The van der Waals surface area contributed by atoms with Gasteiger partial charge in [0.05, 0.1) is 16.6 Å². The van der Waals surface area contributed by atoms with Crippen LogP contribution in [0.3, 0.4) is 0 Å². The van der Waals surface area contributed by atoms with Gasteiger partial charge in [-0.1, -0.05) is 43.0 Å². The lowest BCUT2D eigenvalue weighted by Crippen LogP contribution is -2.51. The number of fused-ring (bicyclic) bond motifs is 2. The highest BCUT2D eigenvalue weighted by Gasteiger charge is 2.36. The van der Waals surface area contributed by atoms with Crippen molar-refractivity contribution in [1.82, 2.24) is 14.8 Å². The summed E-state index contributed by atoms with van der Waals surface area (Å²) in [6, 6.07) is 10.9. The number of nitrogens with zero attached hydrogens (tertiary/aromatic N) is 3. The molecule has 34 heavy (non-hydrogen) atoms. The van der Waals surface area contributed by atoms with Crippen molar-refractivity contribution in [3.63, 3.8) is 0 Å². The van der Waals surface area contributed by atoms with Crippen molar-refractivity contribution in [2.45, 2.75) is 70.4 Å². The highest BCUT2D eigenvalue weighted by Crippen LogP contribution is 2.31. The lowest BCUT2D eigenvalue weighted by molar-refractivity contribution is 0.0263. The molecule has 182 valence electrons. The number of hydrogen-bond acceptors (Lipinski definition) is 4. The standard InChI is InChI=1S/C27H34ClN3O3/c1-2-30-17-9-3-4-10-18-31(27(33)22-16-15-20(28)19-29-22)23-12-6-8-14-25(23)34-24-13-7-5-11-21(24)26(30)32/h5,7,11,13,15-16,19,23,25H,2-4,6,8-10,12,14,17-18H2,1H3/t23-,25+/m1/s1. The number of carbonyl (C=O) groups is 2. The van der Waals surface area contributed by atoms with E-state index in [9.17, 15) is 9.59 Å². The van der Waals surface area contributed by atoms with Gasteiger partial charge in [0.25, 0.3) is 11.8 Å². The molecule has 1 fully saturated rings. The van der Waals surface area contributed by atoms with E-state index < -0.39 is 0 Å². The van der Waals surface area contributed by atoms with E-state index in [0.29, 0.717) is 35.1 Å². The number of aromatic nitrogens is 1. The molecule has 2 aromatic rings. The third kappa shape index (κ3) is 5.72. The van der Waals surface area contributed by atoms with Gasteiger partial charge in [0.2, 0.25) is 0 Å². The smallest absolute Gasteiger partial charge is 0.272 e. The van der Waals surface area contributed by atoms with Crippen molar-refractivity contribution >= 4 is 23.4 Å². The molecule has 1 aromatic heterocycles. The average molecular weight is 484 g/mol. The monoisotopic (exact) mass is 483 g/mol. The van der Waals surface area contributed by atoms with Crippen LogP contribution < -0.4 is 4.74 Å². The van der Waals surface area contributed by atoms with E-state index in [0.717, 1.165) is 57.9 Å². The summed E-state index contributed by atoms with van der Waals surface area (Å²) in [6.07, 6.45) is 9.07. The average Bonchev–Trinajstić information content (AvgIpc) is 2.86. The van der Waals surface area contributed by atoms with Crippen LogP contribution >= 0.6 is 11.6 Å². The molecule has 1 aliphatic heterocycles. The van der Waals surface area contributed by atoms with Crippen molar-refractivity contribution < 1.29 is 14.3 Å². The summed E-state index contributed by atoms with van der Waals surface area (Å²) in [7, 11) is 0. The fourth-order valence-electron chi connectivity index (χ4n) is 5.06. The Morgan fingerprint density at radius 3 is 2.56 bits per heavy atom. The summed E-state index contributed by atoms with van der Waals surface area (Å²) in [4.78, 5) is 35.1. The summed E-state index contributed by atoms with van der Waals surface area (Å²) in [5, 5.41) is 0.513. The van der Waals surface area contributed by atoms with E-state index in [2.05, 4.69) is 4.98 Å². The molecular weight excluding hydrogens is 450 g/mol. The van der Waals surface area contributed by atoms with Crippen LogP contribution in [0.1, 0.15) is 79.1 Å². The van der Waals surface area contributed by atoms with Gasteiger partial charge in [-0.15, -0.1) is 0 Å². The quantitative estimate of drug-likeness (QED) is 0.557. The SMILES string of the molecule is CCN1CCCCCCN(C(=O)c2ccc(Cl)cn2)[C@@H]2CCCC[C@@H]2Oc2ccccc2C1=O. The molecule has 1 aliphatic carbocycles. The van der Waals surface area contributed by atoms with E-state index in [4.69, 9.17) is 16.3 Å². The molecule has 0 bridgehead atoms. The normalized spacial score (nSPS) is 22.2. The van der Waals surface area contributed by atoms with Crippen molar-refractivity contribution in [2.75, 3.05) is 19.6 Å². The van der Waals surface area contributed by atoms with Gasteiger partial charge in [-0.3, -0.25) is 9.59 Å². The molecule has 7 heteroatoms. The summed E-state index contributed by atoms with van der Waals surface area (Å²) >= 11 is 6.00. The molecule has 0 unspecified atom stereocenters. The van der Waals surface area contributed by atoms with Crippen molar-refractivity contribution in [2.24, 2.45) is 0 Å². The van der Waals surface area contributed by atoms with Crippen LogP contribution in [0.2, 0.25) is 5.02 Å². The Labute approximate surface area is 207 Å². The van der Waals surface area contributed by atoms with Crippen LogP contribution in [0, 0.1) is 0 Å². The Kier molecular flexibility index (Phi) is 8.44. The van der Waals surface area contributed by atoms with E-state index >= 15 is 0 Å². The molecule has 2 atom stereocenters. The first kappa shape index (κ1) is 24.5. The second kappa shape index (κ2) is 11.7. The largest absolute Gasteiger partial charge is 0.487 e. The maximum absolute atomic E-state index is 13.6. The fraction of sp³-hybridized carbons (Fsp3) is 0.519. The van der Waals surface area contributed by atoms with Gasteiger partial charge in [-0.2, -0.15) is 0 Å². The van der Waals surface area contributed by atoms with Crippen LogP contribution in [0.25, 0.3) is 0 Å². The third-order valence-corrected chi connectivity index (χ3v) is 7.14. The van der Waals surface area contributed by atoms with Gasteiger partial charge >= 0.3 is 0 Å². The number of pyridine rings is 1. The molecule has 6 nitrogen and oxygen atoms in total. The Morgan fingerprint density at radius 1 is 1.03 bits per heavy atom. The molecule has 2 heterocycles. The number of hydrogen-bond donors (Lipinski definition) is 0. The number of halogens is 1. The number of ether oxygens (including phenoxy) is 1. The number of benzene rings is 1. The lowest BCUT2D eigenvalue weighted by atomic mass is 9.90. The summed E-state index contributed by atoms with van der Waals surface area (Å²) < 4.78 is 6.56. The minimum atomic E-state index is -0.169. The first-order valence-corrected chi connectivity index (χ1v) is 12.9. The molecule has 4 rings (SSSR count). The van der Waals surface area contributed by atoms with E-state index in [1.54, 1.807) is 12.1 Å². The summed E-state index contributed by atoms with van der Waals surface area (Å²) in [5.74, 6) is 0.545. The molecule has 0 saturated heterocycles. The Hall–Kier alpha value is -2.60. The van der Waals surface area contributed by atoms with E-state index in [1.807, 2.05) is 41.0 Å². The Balaban J connectivity index is 1.67. The van der Waals surface area contributed by atoms with Crippen LogP contribution in [0.15, 0.2) is 42.6 Å². The Morgan fingerprint density at radius 2 is 1.79 bits per heavy atom. The number of carbonyl (C=O) groups excluding carboxylic acids is 2. The molecule has 1 saturated carbocycles. The number of rotatable bonds is 2. The maximum Gasteiger partial charge on any atom is 0.272 e. The maximum atomic E-state index is 13.6. The third-order valence-electron chi connectivity index (χ3n) is 6.92. The molecule has 0 radical (unpaired) electrons. The fourth-order valence-corrected chi connectivity index (χ4v) is 5.17. The molecule has 1 aromatic carbocycles. The van der Waals surface area contributed by atoms with Gasteiger partial charge in [-0.05, 0) is 63.3 Å². The highest BCUT2D eigenvalue weighted by molar-refractivity contribution is 6.30. The minimum Gasteiger partial charge on any atom is -0.487 e. The van der Waals surface area contributed by atoms with Gasteiger partial charge < -0.3 is 14.5 Å². The minimum absolute atomic E-state index is 0.0146. The molecular formula is C27H34ClN3O3. The van der Waals surface area contributed by atoms with Crippen molar-refractivity contribution in [3.05, 3.63) is 58.9 Å². The lowest BCUT2D eigenvalue weighted by Gasteiger charge is -2.40. The topological polar surface area (TPSA) is 62.7 Å². The molecule has 2 aliphatic rings. The summed E-state index contributed by atoms with van der Waals surface area (Å²) in [6.45, 7) is 4.10. The summed E-state index contributed by atoms with van der Waals surface area (Å²) in [5.41, 5.74) is 1.01. The van der Waals surface area contributed by atoms with Gasteiger partial charge in [0, 0.05) is 25.8 Å². The van der Waals surface area contributed by atoms with Crippen LogP contribution in [0.4, 0.5) is 0 Å². The number of amides is 2. The zero-order chi connectivity index (χ0) is 23.9. The first-order chi connectivity index (χ1) is 16.6. The molecule has 2 amide bonds.